The molecule has 4 nitrogen and oxygen atoms in total. The Morgan fingerprint density at radius 2 is 0.533 bits per heavy atom. The van der Waals surface area contributed by atoms with Crippen molar-refractivity contribution in [1.82, 2.24) is 19.9 Å². The van der Waals surface area contributed by atoms with Crippen LogP contribution in [0.1, 0.15) is 0 Å². The van der Waals surface area contributed by atoms with Crippen LogP contribution in [0.25, 0.3) is 111 Å². The second-order valence-corrected chi connectivity index (χ2v) is 15.1. The monoisotopic (exact) mass is 764 g/mol. The van der Waals surface area contributed by atoms with Gasteiger partial charge < -0.3 is 0 Å². The summed E-state index contributed by atoms with van der Waals surface area (Å²) in [6.07, 6.45) is 0. The molecule has 4 heteroatoms. The van der Waals surface area contributed by atoms with Gasteiger partial charge in [-0.1, -0.05) is 188 Å². The molecule has 0 aliphatic carbocycles. The lowest BCUT2D eigenvalue weighted by molar-refractivity contribution is 1.18. The second-order valence-electron chi connectivity index (χ2n) is 15.1. The van der Waals surface area contributed by atoms with E-state index in [2.05, 4.69) is 188 Å². The Morgan fingerprint density at radius 3 is 1.05 bits per heavy atom. The first-order valence-electron chi connectivity index (χ1n) is 20.2. The molecular formula is C56H36N4. The van der Waals surface area contributed by atoms with Crippen LogP contribution in [0.4, 0.5) is 0 Å². The second kappa shape index (κ2) is 15.0. The predicted octanol–water partition coefficient (Wildman–Crippen LogP) is 14.4. The molecule has 0 spiro atoms. The molecule has 0 aliphatic rings. The fourth-order valence-corrected chi connectivity index (χ4v) is 8.04. The first-order valence-corrected chi connectivity index (χ1v) is 20.2. The lowest BCUT2D eigenvalue weighted by Crippen LogP contribution is -1.96. The average Bonchev–Trinajstić information content (AvgIpc) is 3.34. The highest BCUT2D eigenvalue weighted by atomic mass is 14.9. The summed E-state index contributed by atoms with van der Waals surface area (Å²) in [5.41, 5.74) is 15.2. The summed E-state index contributed by atoms with van der Waals surface area (Å²) < 4.78 is 0. The number of aromatic nitrogens is 4. The van der Waals surface area contributed by atoms with Gasteiger partial charge in [-0.25, -0.2) is 19.9 Å². The quantitative estimate of drug-likeness (QED) is 0.152. The standard InChI is InChI=1S/C56H36N4/c1-4-10-37(11-5-1)39-16-20-42(21-17-39)52-36-53(60-56(59-52)45-24-18-40(19-25-45)38-12-6-2-7-13-38)49-29-27-46-34-48(28-26-47(46)35-49)51-33-31-44-23-22-43-30-32-50(41-14-8-3-9-15-41)57-54(43)55(44)58-51/h1-36H. The van der Waals surface area contributed by atoms with E-state index in [0.29, 0.717) is 5.82 Å². The van der Waals surface area contributed by atoms with Gasteiger partial charge in [0.1, 0.15) is 0 Å². The van der Waals surface area contributed by atoms with Gasteiger partial charge >= 0.3 is 0 Å². The van der Waals surface area contributed by atoms with E-state index in [1.807, 2.05) is 30.3 Å². The van der Waals surface area contributed by atoms with E-state index >= 15 is 0 Å². The summed E-state index contributed by atoms with van der Waals surface area (Å²) in [6, 6.07) is 76.3. The van der Waals surface area contributed by atoms with Crippen molar-refractivity contribution >= 4 is 32.6 Å². The number of nitrogens with zero attached hydrogens (tertiary/aromatic N) is 4. The number of fused-ring (bicyclic) bond motifs is 4. The third-order valence-electron chi connectivity index (χ3n) is 11.3. The van der Waals surface area contributed by atoms with Crippen LogP contribution < -0.4 is 0 Å². The van der Waals surface area contributed by atoms with E-state index in [9.17, 15) is 0 Å². The molecule has 3 heterocycles. The molecule has 0 saturated heterocycles. The van der Waals surface area contributed by atoms with Crippen molar-refractivity contribution in [2.75, 3.05) is 0 Å². The van der Waals surface area contributed by atoms with Crippen molar-refractivity contribution < 1.29 is 0 Å². The van der Waals surface area contributed by atoms with Crippen LogP contribution in [-0.2, 0) is 0 Å². The number of hydrogen-bond donors (Lipinski definition) is 0. The van der Waals surface area contributed by atoms with Gasteiger partial charge in [-0.3, -0.25) is 0 Å². The molecule has 3 aromatic heterocycles. The SMILES string of the molecule is c1ccc(-c2ccc(-c3cc(-c4ccc5cc(-c6ccc7ccc8ccc(-c9ccccc9)nc8c7n6)ccc5c4)nc(-c4ccc(-c5ccccc5)cc4)n3)cc2)cc1. The third kappa shape index (κ3) is 6.76. The molecule has 11 rings (SSSR count). The minimum absolute atomic E-state index is 0.685. The molecule has 0 fully saturated rings. The van der Waals surface area contributed by atoms with E-state index in [1.165, 1.54) is 16.7 Å². The average molecular weight is 765 g/mol. The Labute approximate surface area is 348 Å². The van der Waals surface area contributed by atoms with E-state index in [-0.39, 0.29) is 0 Å². The maximum Gasteiger partial charge on any atom is 0.160 e. The Morgan fingerprint density at radius 1 is 0.200 bits per heavy atom. The highest BCUT2D eigenvalue weighted by Gasteiger charge is 2.14. The van der Waals surface area contributed by atoms with Crippen LogP contribution in [-0.4, -0.2) is 19.9 Å². The van der Waals surface area contributed by atoms with Crippen molar-refractivity contribution in [3.05, 3.63) is 218 Å². The summed E-state index contributed by atoms with van der Waals surface area (Å²) in [5, 5.41) is 4.39. The van der Waals surface area contributed by atoms with Crippen LogP contribution in [0.5, 0.6) is 0 Å². The zero-order valence-corrected chi connectivity index (χ0v) is 32.6. The molecule has 0 N–H and O–H groups in total. The van der Waals surface area contributed by atoms with Gasteiger partial charge in [-0.2, -0.15) is 0 Å². The van der Waals surface area contributed by atoms with Crippen LogP contribution in [0.2, 0.25) is 0 Å². The van der Waals surface area contributed by atoms with Crippen LogP contribution >= 0.6 is 0 Å². The van der Waals surface area contributed by atoms with Gasteiger partial charge in [0.05, 0.1) is 33.8 Å². The highest BCUT2D eigenvalue weighted by Crippen LogP contribution is 2.34. The van der Waals surface area contributed by atoms with Crippen molar-refractivity contribution in [3.8, 4) is 78.7 Å². The first kappa shape index (κ1) is 35.1. The van der Waals surface area contributed by atoms with Crippen molar-refractivity contribution in [2.45, 2.75) is 0 Å². The molecule has 0 saturated carbocycles. The van der Waals surface area contributed by atoms with E-state index in [4.69, 9.17) is 19.9 Å². The molecule has 11 aromatic rings. The highest BCUT2D eigenvalue weighted by molar-refractivity contribution is 6.04. The van der Waals surface area contributed by atoms with Crippen LogP contribution in [0.3, 0.4) is 0 Å². The lowest BCUT2D eigenvalue weighted by Gasteiger charge is -2.12. The lowest BCUT2D eigenvalue weighted by atomic mass is 9.99. The fraction of sp³-hybridized carbons (Fsp3) is 0. The predicted molar refractivity (Wildman–Crippen MR) is 248 cm³/mol. The number of benzene rings is 8. The Balaban J connectivity index is 0.964. The first-order chi connectivity index (χ1) is 29.7. The largest absolute Gasteiger partial charge is 0.245 e. The minimum Gasteiger partial charge on any atom is -0.245 e. The van der Waals surface area contributed by atoms with E-state index in [0.717, 1.165) is 88.7 Å². The van der Waals surface area contributed by atoms with Gasteiger partial charge in [0.15, 0.2) is 5.82 Å². The zero-order valence-electron chi connectivity index (χ0n) is 32.6. The zero-order chi connectivity index (χ0) is 39.8. The van der Waals surface area contributed by atoms with Crippen LogP contribution in [0, 0.1) is 0 Å². The van der Waals surface area contributed by atoms with Gasteiger partial charge in [-0.05, 0) is 63.4 Å². The van der Waals surface area contributed by atoms with E-state index < -0.39 is 0 Å². The molecule has 8 aromatic carbocycles. The Bertz CT molecular complexity index is 3230. The summed E-state index contributed by atoms with van der Waals surface area (Å²) in [4.78, 5) is 20.7. The van der Waals surface area contributed by atoms with Gasteiger partial charge in [0.25, 0.3) is 0 Å². The molecule has 0 unspecified atom stereocenters. The summed E-state index contributed by atoms with van der Waals surface area (Å²) >= 11 is 0. The fourth-order valence-electron chi connectivity index (χ4n) is 8.04. The van der Waals surface area contributed by atoms with Gasteiger partial charge in [0, 0.05) is 38.6 Å². The maximum atomic E-state index is 5.22. The summed E-state index contributed by atoms with van der Waals surface area (Å²) in [7, 11) is 0. The van der Waals surface area contributed by atoms with Gasteiger partial charge in [-0.15, -0.1) is 0 Å². The van der Waals surface area contributed by atoms with Crippen molar-refractivity contribution in [3.63, 3.8) is 0 Å². The molecular weight excluding hydrogens is 729 g/mol. The minimum atomic E-state index is 0.685. The van der Waals surface area contributed by atoms with Gasteiger partial charge in [0.2, 0.25) is 0 Å². The summed E-state index contributed by atoms with van der Waals surface area (Å²) in [6.45, 7) is 0. The van der Waals surface area contributed by atoms with Crippen LogP contribution in [0.15, 0.2) is 218 Å². The summed E-state index contributed by atoms with van der Waals surface area (Å²) in [5.74, 6) is 0.685. The number of pyridine rings is 2. The Kier molecular flexibility index (Phi) is 8.79. The Hall–Kier alpha value is -8.08. The molecule has 60 heavy (non-hydrogen) atoms. The molecule has 0 bridgehead atoms. The van der Waals surface area contributed by atoms with E-state index in [1.54, 1.807) is 0 Å². The normalized spacial score (nSPS) is 11.3. The smallest absolute Gasteiger partial charge is 0.160 e. The third-order valence-corrected chi connectivity index (χ3v) is 11.3. The number of rotatable bonds is 7. The molecule has 0 aliphatic heterocycles. The molecule has 280 valence electrons. The molecule has 0 radical (unpaired) electrons. The van der Waals surface area contributed by atoms with Crippen molar-refractivity contribution in [1.29, 1.82) is 0 Å². The molecule has 0 amide bonds. The maximum absolute atomic E-state index is 5.22. The van der Waals surface area contributed by atoms with Crippen molar-refractivity contribution in [2.24, 2.45) is 0 Å². The topological polar surface area (TPSA) is 51.6 Å². The molecule has 0 atom stereocenters. The number of hydrogen-bond acceptors (Lipinski definition) is 4.